The summed E-state index contributed by atoms with van der Waals surface area (Å²) in [5.74, 6) is 0. The Morgan fingerprint density at radius 3 is 2.73 bits per heavy atom. The van der Waals surface area contributed by atoms with Gasteiger partial charge in [0.15, 0.2) is 0 Å². The summed E-state index contributed by atoms with van der Waals surface area (Å²) >= 11 is 8.74. The molecule has 0 amide bonds. The van der Waals surface area contributed by atoms with Crippen LogP contribution in [0.15, 0.2) is 20.7 Å². The Morgan fingerprint density at radius 1 is 1.73 bits per heavy atom. The smallest absolute Gasteiger partial charge is 0.113 e. The molecule has 0 bridgehead atoms. The molecule has 0 saturated carbocycles. The monoisotopic (exact) mass is 236 g/mol. The fraction of sp³-hybridized carbons (Fsp3) is 0.429. The number of allylic oxidation sites excluding steroid dienone is 1. The second-order valence-corrected chi connectivity index (χ2v) is 2.83. The molecule has 0 aliphatic heterocycles. The van der Waals surface area contributed by atoms with Crippen LogP contribution in [0.25, 0.3) is 0 Å². The molecule has 62 valence electrons. The van der Waals surface area contributed by atoms with E-state index in [9.17, 15) is 0 Å². The maximum atomic E-state index is 5.44. The van der Waals surface area contributed by atoms with Crippen molar-refractivity contribution in [1.82, 2.24) is 0 Å². The number of alkyl halides is 1. The molecule has 0 N–H and O–H groups in total. The summed E-state index contributed by atoms with van der Waals surface area (Å²) < 4.78 is 0.843. The van der Waals surface area contributed by atoms with Crippen LogP contribution in [0.3, 0.4) is 0 Å². The molecule has 0 fully saturated rings. The van der Waals surface area contributed by atoms with Crippen molar-refractivity contribution < 1.29 is 0 Å². The second kappa shape index (κ2) is 6.55. The molecule has 0 aromatic carbocycles. The molecule has 0 atom stereocenters. The van der Waals surface area contributed by atoms with Gasteiger partial charge in [-0.15, -0.1) is 11.6 Å². The van der Waals surface area contributed by atoms with E-state index in [0.29, 0.717) is 0 Å². The first kappa shape index (κ1) is 10.8. The van der Waals surface area contributed by atoms with Gasteiger partial charge in [0.2, 0.25) is 0 Å². The maximum Gasteiger partial charge on any atom is 0.113 e. The second-order valence-electron chi connectivity index (χ2n) is 1.74. The van der Waals surface area contributed by atoms with Crippen LogP contribution in [-0.4, -0.2) is 18.4 Å². The van der Waals surface area contributed by atoms with Gasteiger partial charge in [-0.3, -0.25) is 9.98 Å². The lowest BCUT2D eigenvalue weighted by molar-refractivity contribution is 1.23. The summed E-state index contributed by atoms with van der Waals surface area (Å²) in [7, 11) is 0. The summed E-state index contributed by atoms with van der Waals surface area (Å²) in [5.41, 5.74) is 0.910. The van der Waals surface area contributed by atoms with E-state index in [0.717, 1.165) is 16.6 Å². The highest BCUT2D eigenvalue weighted by Crippen LogP contribution is 2.10. The standard InChI is InChI=1S/C7H10BrClN2/c1-3-7(11-5-9)6(8)4-10-2/h4H,2-3,5H2,1H3/b6-4+,11-7?. The Bertz CT molecular complexity index is 187. The van der Waals surface area contributed by atoms with Crippen LogP contribution < -0.4 is 0 Å². The van der Waals surface area contributed by atoms with E-state index in [-0.39, 0.29) is 6.00 Å². The summed E-state index contributed by atoms with van der Waals surface area (Å²) in [4.78, 5) is 7.64. The fourth-order valence-electron chi connectivity index (χ4n) is 0.583. The SMILES string of the molecule is C=N/C=C(/Br)C(CC)=NCCl. The Hall–Kier alpha value is -0.150. The predicted molar refractivity (Wildman–Crippen MR) is 55.0 cm³/mol. The van der Waals surface area contributed by atoms with Crippen LogP contribution in [0.2, 0.25) is 0 Å². The van der Waals surface area contributed by atoms with Crippen molar-refractivity contribution >= 4 is 40.0 Å². The number of hydrogen-bond acceptors (Lipinski definition) is 2. The average molecular weight is 238 g/mol. The predicted octanol–water partition coefficient (Wildman–Crippen LogP) is 2.97. The first-order valence-electron chi connectivity index (χ1n) is 3.17. The van der Waals surface area contributed by atoms with Crippen molar-refractivity contribution in [3.05, 3.63) is 10.7 Å². The molecule has 0 aromatic rings. The van der Waals surface area contributed by atoms with E-state index < -0.39 is 0 Å². The third-order valence-corrected chi connectivity index (χ3v) is 1.85. The number of hydrogen-bond donors (Lipinski definition) is 0. The van der Waals surface area contributed by atoms with Crippen LogP contribution in [0.1, 0.15) is 13.3 Å². The lowest BCUT2D eigenvalue weighted by atomic mass is 10.3. The third-order valence-electron chi connectivity index (χ3n) is 1.07. The van der Waals surface area contributed by atoms with E-state index >= 15 is 0 Å². The zero-order valence-corrected chi connectivity index (χ0v) is 8.69. The largest absolute Gasteiger partial charge is 0.273 e. The number of nitrogens with zero attached hydrogens (tertiary/aromatic N) is 2. The van der Waals surface area contributed by atoms with Crippen LogP contribution in [-0.2, 0) is 0 Å². The van der Waals surface area contributed by atoms with E-state index in [1.165, 1.54) is 0 Å². The Balaban J connectivity index is 4.37. The highest BCUT2D eigenvalue weighted by Gasteiger charge is 1.98. The normalized spacial score (nSPS) is 13.4. The molecule has 0 aromatic heterocycles. The summed E-state index contributed by atoms with van der Waals surface area (Å²) in [6, 6.07) is 0.281. The van der Waals surface area contributed by atoms with Gasteiger partial charge in [-0.05, 0) is 29.1 Å². The Labute approximate surface area is 80.2 Å². The van der Waals surface area contributed by atoms with Crippen molar-refractivity contribution in [2.24, 2.45) is 9.98 Å². The summed E-state index contributed by atoms with van der Waals surface area (Å²) in [6.07, 6.45) is 2.44. The molecular weight excluding hydrogens is 227 g/mol. The van der Waals surface area contributed by atoms with Gasteiger partial charge in [-0.1, -0.05) is 6.92 Å². The first-order chi connectivity index (χ1) is 5.26. The summed E-state index contributed by atoms with van der Waals surface area (Å²) in [6.45, 7) is 5.34. The molecule has 0 saturated heterocycles. The molecule has 4 heteroatoms. The number of halogens is 2. The third kappa shape index (κ3) is 4.32. The quantitative estimate of drug-likeness (QED) is 0.408. The minimum Gasteiger partial charge on any atom is -0.273 e. The lowest BCUT2D eigenvalue weighted by Gasteiger charge is -1.98. The molecule has 11 heavy (non-hydrogen) atoms. The minimum atomic E-state index is 0.281. The van der Waals surface area contributed by atoms with Crippen molar-refractivity contribution in [3.63, 3.8) is 0 Å². The first-order valence-corrected chi connectivity index (χ1v) is 4.50. The zero-order chi connectivity index (χ0) is 8.69. The molecular formula is C7H10BrClN2. The number of aliphatic imine (C=N–C) groups is 2. The molecule has 0 spiro atoms. The van der Waals surface area contributed by atoms with Gasteiger partial charge >= 0.3 is 0 Å². The summed E-state index contributed by atoms with van der Waals surface area (Å²) in [5, 5.41) is 0. The lowest BCUT2D eigenvalue weighted by Crippen LogP contribution is -1.95. The van der Waals surface area contributed by atoms with Gasteiger partial charge in [0.1, 0.15) is 6.00 Å². The molecule has 0 unspecified atom stereocenters. The van der Waals surface area contributed by atoms with Crippen molar-refractivity contribution in [3.8, 4) is 0 Å². The van der Waals surface area contributed by atoms with E-state index in [2.05, 4.69) is 32.6 Å². The van der Waals surface area contributed by atoms with Gasteiger partial charge in [-0.25, -0.2) is 0 Å². The zero-order valence-electron chi connectivity index (χ0n) is 6.35. The highest BCUT2D eigenvalue weighted by atomic mass is 79.9. The van der Waals surface area contributed by atoms with Gasteiger partial charge in [-0.2, -0.15) is 0 Å². The number of rotatable bonds is 4. The van der Waals surface area contributed by atoms with Crippen LogP contribution >= 0.6 is 27.5 Å². The van der Waals surface area contributed by atoms with Gasteiger partial charge in [0, 0.05) is 6.20 Å². The van der Waals surface area contributed by atoms with Crippen molar-refractivity contribution in [2.45, 2.75) is 13.3 Å². The average Bonchev–Trinajstić information content (AvgIpc) is 2.00. The Kier molecular flexibility index (Phi) is 6.46. The van der Waals surface area contributed by atoms with Gasteiger partial charge < -0.3 is 0 Å². The molecule has 0 radical (unpaired) electrons. The minimum absolute atomic E-state index is 0.281. The topological polar surface area (TPSA) is 24.7 Å². The molecule has 2 nitrogen and oxygen atoms in total. The Morgan fingerprint density at radius 2 is 2.36 bits per heavy atom. The van der Waals surface area contributed by atoms with Crippen LogP contribution in [0, 0.1) is 0 Å². The van der Waals surface area contributed by atoms with E-state index in [4.69, 9.17) is 11.6 Å². The van der Waals surface area contributed by atoms with Crippen molar-refractivity contribution in [2.75, 3.05) is 6.00 Å². The molecule has 0 aliphatic carbocycles. The molecule has 0 aliphatic rings. The van der Waals surface area contributed by atoms with Crippen LogP contribution in [0.4, 0.5) is 0 Å². The van der Waals surface area contributed by atoms with E-state index in [1.807, 2.05) is 6.92 Å². The fourth-order valence-corrected chi connectivity index (χ4v) is 1.28. The molecule has 0 heterocycles. The van der Waals surface area contributed by atoms with Crippen LogP contribution in [0.5, 0.6) is 0 Å². The highest BCUT2D eigenvalue weighted by molar-refractivity contribution is 9.12. The van der Waals surface area contributed by atoms with Crippen molar-refractivity contribution in [1.29, 1.82) is 0 Å². The van der Waals surface area contributed by atoms with E-state index in [1.54, 1.807) is 6.20 Å². The maximum absolute atomic E-state index is 5.44. The van der Waals surface area contributed by atoms with Gasteiger partial charge in [0.25, 0.3) is 0 Å². The molecule has 0 rings (SSSR count). The van der Waals surface area contributed by atoms with Gasteiger partial charge in [0.05, 0.1) is 10.2 Å².